The predicted molar refractivity (Wildman–Crippen MR) is 102 cm³/mol. The number of H-pyrrole nitrogens is 1. The Labute approximate surface area is 156 Å². The van der Waals surface area contributed by atoms with Crippen LogP contribution in [0.4, 0.5) is 0 Å². The summed E-state index contributed by atoms with van der Waals surface area (Å²) in [7, 11) is 0. The van der Waals surface area contributed by atoms with Gasteiger partial charge in [-0.1, -0.05) is 48.3 Å². The summed E-state index contributed by atoms with van der Waals surface area (Å²) in [6, 6.07) is 13.2. The molecule has 0 aliphatic carbocycles. The Bertz CT molecular complexity index is 858. The number of aromatic amines is 1. The van der Waals surface area contributed by atoms with Crippen molar-refractivity contribution < 1.29 is 4.79 Å². The van der Waals surface area contributed by atoms with Crippen molar-refractivity contribution in [1.82, 2.24) is 15.3 Å². The number of rotatable bonds is 6. The smallest absolute Gasteiger partial charge is 0.223 e. The van der Waals surface area contributed by atoms with Crippen LogP contribution in [0.5, 0.6) is 0 Å². The molecule has 3 rings (SSSR count). The van der Waals surface area contributed by atoms with Gasteiger partial charge >= 0.3 is 0 Å². The number of carbonyl (C=O) groups excluding carboxylic acids is 1. The van der Waals surface area contributed by atoms with Gasteiger partial charge in [0, 0.05) is 28.9 Å². The van der Waals surface area contributed by atoms with E-state index in [-0.39, 0.29) is 11.8 Å². The van der Waals surface area contributed by atoms with Gasteiger partial charge in [0.1, 0.15) is 5.82 Å². The van der Waals surface area contributed by atoms with Gasteiger partial charge in [-0.3, -0.25) is 4.79 Å². The molecular formula is C19H19Cl2N3O. The zero-order valence-electron chi connectivity index (χ0n) is 13.9. The van der Waals surface area contributed by atoms with Crippen LogP contribution in [0.2, 0.25) is 10.0 Å². The number of benzene rings is 2. The van der Waals surface area contributed by atoms with Crippen molar-refractivity contribution in [2.24, 2.45) is 5.92 Å². The molecule has 1 amide bonds. The van der Waals surface area contributed by atoms with E-state index in [9.17, 15) is 4.79 Å². The lowest BCUT2D eigenvalue weighted by Crippen LogP contribution is -2.32. The Kier molecular flexibility index (Phi) is 5.61. The fourth-order valence-corrected chi connectivity index (χ4v) is 3.21. The van der Waals surface area contributed by atoms with E-state index < -0.39 is 0 Å². The number of imidazole rings is 1. The molecule has 0 spiro atoms. The number of para-hydroxylation sites is 2. The summed E-state index contributed by atoms with van der Waals surface area (Å²) in [5, 5.41) is 4.19. The maximum atomic E-state index is 12.3. The van der Waals surface area contributed by atoms with Gasteiger partial charge in [0.25, 0.3) is 0 Å². The summed E-state index contributed by atoms with van der Waals surface area (Å²) in [6.45, 7) is 2.43. The molecule has 4 nitrogen and oxygen atoms in total. The van der Waals surface area contributed by atoms with Crippen LogP contribution in [-0.2, 0) is 17.6 Å². The fourth-order valence-electron chi connectivity index (χ4n) is 2.70. The van der Waals surface area contributed by atoms with Crippen molar-refractivity contribution in [1.29, 1.82) is 0 Å². The second-order valence-corrected chi connectivity index (χ2v) is 6.93. The average Bonchev–Trinajstić information content (AvgIpc) is 2.98. The zero-order chi connectivity index (χ0) is 17.8. The van der Waals surface area contributed by atoms with Crippen molar-refractivity contribution in [2.45, 2.75) is 19.8 Å². The topological polar surface area (TPSA) is 57.8 Å². The lowest BCUT2D eigenvalue weighted by atomic mass is 10.1. The third-order valence-electron chi connectivity index (χ3n) is 4.09. The summed E-state index contributed by atoms with van der Waals surface area (Å²) in [5.41, 5.74) is 2.88. The highest BCUT2D eigenvalue weighted by Crippen LogP contribution is 2.21. The number of hydrogen-bond acceptors (Lipinski definition) is 2. The van der Waals surface area contributed by atoms with Crippen LogP contribution in [-0.4, -0.2) is 22.4 Å². The standard InChI is InChI=1S/C19H19Cl2N3O/c1-12(10-18-23-16-4-2-3-5-17(16)24-18)19(25)22-9-8-13-6-7-14(20)11-15(13)21/h2-7,11-12H,8-10H2,1H3,(H,22,25)(H,23,24). The van der Waals surface area contributed by atoms with E-state index in [1.807, 2.05) is 37.3 Å². The first kappa shape index (κ1) is 17.8. The second-order valence-electron chi connectivity index (χ2n) is 6.08. The van der Waals surface area contributed by atoms with E-state index in [4.69, 9.17) is 23.2 Å². The maximum absolute atomic E-state index is 12.3. The van der Waals surface area contributed by atoms with Gasteiger partial charge in [0.15, 0.2) is 0 Å². The SMILES string of the molecule is CC(Cc1nc2ccccc2[nH]1)C(=O)NCCc1ccc(Cl)cc1Cl. The zero-order valence-corrected chi connectivity index (χ0v) is 15.4. The summed E-state index contributed by atoms with van der Waals surface area (Å²) in [4.78, 5) is 20.1. The molecule has 1 atom stereocenters. The summed E-state index contributed by atoms with van der Waals surface area (Å²) in [5.74, 6) is 0.663. The molecule has 3 aromatic rings. The highest BCUT2D eigenvalue weighted by Gasteiger charge is 2.15. The number of fused-ring (bicyclic) bond motifs is 1. The summed E-state index contributed by atoms with van der Waals surface area (Å²) < 4.78 is 0. The van der Waals surface area contributed by atoms with E-state index in [0.29, 0.717) is 29.4 Å². The molecule has 0 bridgehead atoms. The number of nitrogens with one attached hydrogen (secondary N) is 2. The van der Waals surface area contributed by atoms with Crippen molar-refractivity contribution >= 4 is 40.1 Å². The van der Waals surface area contributed by atoms with Crippen LogP contribution >= 0.6 is 23.2 Å². The Hall–Kier alpha value is -2.04. The van der Waals surface area contributed by atoms with Crippen molar-refractivity contribution in [3.05, 3.63) is 63.9 Å². The molecule has 2 N–H and O–H groups in total. The Morgan fingerprint density at radius 3 is 2.80 bits per heavy atom. The third kappa shape index (κ3) is 4.53. The first-order valence-corrected chi connectivity index (χ1v) is 8.94. The molecular weight excluding hydrogens is 357 g/mol. The van der Waals surface area contributed by atoms with E-state index in [2.05, 4.69) is 15.3 Å². The van der Waals surface area contributed by atoms with Crippen LogP contribution < -0.4 is 5.32 Å². The molecule has 2 aromatic carbocycles. The van der Waals surface area contributed by atoms with Crippen molar-refractivity contribution in [2.75, 3.05) is 6.54 Å². The molecule has 0 radical (unpaired) electrons. The molecule has 0 aliphatic heterocycles. The quantitative estimate of drug-likeness (QED) is 0.670. The maximum Gasteiger partial charge on any atom is 0.223 e. The number of amides is 1. The molecule has 1 heterocycles. The number of nitrogens with zero attached hydrogens (tertiary/aromatic N) is 1. The minimum absolute atomic E-state index is 0.00513. The monoisotopic (exact) mass is 375 g/mol. The molecule has 1 aromatic heterocycles. The Morgan fingerprint density at radius 1 is 1.24 bits per heavy atom. The lowest BCUT2D eigenvalue weighted by molar-refractivity contribution is -0.124. The highest BCUT2D eigenvalue weighted by molar-refractivity contribution is 6.35. The Balaban J connectivity index is 1.52. The van der Waals surface area contributed by atoms with Gasteiger partial charge in [-0.2, -0.15) is 0 Å². The molecule has 0 fully saturated rings. The number of halogens is 2. The summed E-state index contributed by atoms with van der Waals surface area (Å²) >= 11 is 12.0. The van der Waals surface area contributed by atoms with Crippen LogP contribution in [0.1, 0.15) is 18.3 Å². The van der Waals surface area contributed by atoms with Crippen molar-refractivity contribution in [3.63, 3.8) is 0 Å². The van der Waals surface area contributed by atoms with Crippen molar-refractivity contribution in [3.8, 4) is 0 Å². The average molecular weight is 376 g/mol. The van der Waals surface area contributed by atoms with Gasteiger partial charge in [0.2, 0.25) is 5.91 Å². The van der Waals surface area contributed by atoms with E-state index in [0.717, 1.165) is 22.4 Å². The molecule has 0 saturated heterocycles. The molecule has 130 valence electrons. The number of carbonyl (C=O) groups is 1. The van der Waals surface area contributed by atoms with Crippen LogP contribution in [0, 0.1) is 5.92 Å². The van der Waals surface area contributed by atoms with Crippen LogP contribution in [0.3, 0.4) is 0 Å². The fraction of sp³-hybridized carbons (Fsp3) is 0.263. The first-order chi connectivity index (χ1) is 12.0. The largest absolute Gasteiger partial charge is 0.356 e. The molecule has 0 aliphatic rings. The predicted octanol–water partition coefficient (Wildman–Crippen LogP) is 4.41. The molecule has 25 heavy (non-hydrogen) atoms. The van der Waals surface area contributed by atoms with Gasteiger partial charge in [-0.05, 0) is 36.2 Å². The van der Waals surface area contributed by atoms with E-state index >= 15 is 0 Å². The molecule has 6 heteroatoms. The third-order valence-corrected chi connectivity index (χ3v) is 4.68. The van der Waals surface area contributed by atoms with E-state index in [1.54, 1.807) is 12.1 Å². The van der Waals surface area contributed by atoms with Gasteiger partial charge in [0.05, 0.1) is 11.0 Å². The molecule has 1 unspecified atom stereocenters. The van der Waals surface area contributed by atoms with E-state index in [1.165, 1.54) is 0 Å². The van der Waals surface area contributed by atoms with Gasteiger partial charge in [-0.25, -0.2) is 4.98 Å². The normalized spacial score (nSPS) is 12.3. The molecule has 0 saturated carbocycles. The number of aromatic nitrogens is 2. The van der Waals surface area contributed by atoms with Crippen LogP contribution in [0.15, 0.2) is 42.5 Å². The minimum Gasteiger partial charge on any atom is -0.356 e. The van der Waals surface area contributed by atoms with Gasteiger partial charge in [-0.15, -0.1) is 0 Å². The summed E-state index contributed by atoms with van der Waals surface area (Å²) in [6.07, 6.45) is 1.24. The highest BCUT2D eigenvalue weighted by atomic mass is 35.5. The number of hydrogen-bond donors (Lipinski definition) is 2. The lowest BCUT2D eigenvalue weighted by Gasteiger charge is -2.11. The van der Waals surface area contributed by atoms with Gasteiger partial charge < -0.3 is 10.3 Å². The first-order valence-electron chi connectivity index (χ1n) is 8.18. The minimum atomic E-state index is -0.166. The van der Waals surface area contributed by atoms with Crippen LogP contribution in [0.25, 0.3) is 11.0 Å². The second kappa shape index (κ2) is 7.89. The Morgan fingerprint density at radius 2 is 2.04 bits per heavy atom.